The van der Waals surface area contributed by atoms with Crippen LogP contribution in [0, 0.1) is 15.9 Å². The van der Waals surface area contributed by atoms with Crippen LogP contribution in [0.5, 0.6) is 0 Å². The number of hydrogen-bond acceptors (Lipinski definition) is 3. The Morgan fingerprint density at radius 3 is 2.86 bits per heavy atom. The van der Waals surface area contributed by atoms with Gasteiger partial charge in [0.2, 0.25) is 0 Å². The molecule has 14 heavy (non-hydrogen) atoms. The predicted molar refractivity (Wildman–Crippen MR) is 51.8 cm³/mol. The minimum Gasteiger partial charge on any atom is -0.377 e. The van der Waals surface area contributed by atoms with E-state index in [0.717, 1.165) is 6.42 Å². The summed E-state index contributed by atoms with van der Waals surface area (Å²) in [5.41, 5.74) is -0.252. The molecule has 76 valence electrons. The lowest BCUT2D eigenvalue weighted by molar-refractivity contribution is -0.384. The highest BCUT2D eigenvalue weighted by Crippen LogP contribution is 2.26. The summed E-state index contributed by atoms with van der Waals surface area (Å²) in [5.74, 6) is -0.590. The van der Waals surface area contributed by atoms with Crippen molar-refractivity contribution in [2.45, 2.75) is 13.3 Å². The minimum absolute atomic E-state index is 0.0284. The van der Waals surface area contributed by atoms with Crippen LogP contribution in [0.25, 0.3) is 0 Å². The number of hydrogen-bond donors (Lipinski definition) is 1. The molecule has 0 aliphatic carbocycles. The van der Waals surface area contributed by atoms with Gasteiger partial charge in [0.05, 0.1) is 4.92 Å². The first kappa shape index (κ1) is 10.4. The molecule has 5 heteroatoms. The summed E-state index contributed by atoms with van der Waals surface area (Å²) in [6, 6.07) is 3.80. The van der Waals surface area contributed by atoms with Gasteiger partial charge in [-0.2, -0.15) is 0 Å². The summed E-state index contributed by atoms with van der Waals surface area (Å²) < 4.78 is 13.2. The zero-order valence-electron chi connectivity index (χ0n) is 7.79. The van der Waals surface area contributed by atoms with E-state index in [1.54, 1.807) is 0 Å². The maximum absolute atomic E-state index is 13.2. The molecule has 0 heterocycles. The summed E-state index contributed by atoms with van der Waals surface area (Å²) in [5, 5.41) is 13.2. The van der Waals surface area contributed by atoms with Gasteiger partial charge in [-0.3, -0.25) is 10.1 Å². The highest BCUT2D eigenvalue weighted by Gasteiger charge is 2.16. The lowest BCUT2D eigenvalue weighted by atomic mass is 10.2. The zero-order valence-corrected chi connectivity index (χ0v) is 7.79. The molecule has 1 N–H and O–H groups in total. The minimum atomic E-state index is -0.596. The maximum Gasteiger partial charge on any atom is 0.295 e. The van der Waals surface area contributed by atoms with E-state index in [2.05, 4.69) is 5.32 Å². The van der Waals surface area contributed by atoms with E-state index in [4.69, 9.17) is 0 Å². The summed E-state index contributed by atoms with van der Waals surface area (Å²) in [6.45, 7) is 2.42. The highest BCUT2D eigenvalue weighted by atomic mass is 19.1. The molecule has 1 aromatic rings. The van der Waals surface area contributed by atoms with Crippen molar-refractivity contribution in [2.75, 3.05) is 11.9 Å². The molecule has 0 radical (unpaired) electrons. The van der Waals surface area contributed by atoms with Gasteiger partial charge in [-0.15, -0.1) is 0 Å². The van der Waals surface area contributed by atoms with Crippen LogP contribution in [0.15, 0.2) is 18.2 Å². The SMILES string of the molecule is CCCNc1c(F)cccc1[N+](=O)[O-]. The Kier molecular flexibility index (Phi) is 3.39. The van der Waals surface area contributed by atoms with Crippen LogP contribution in [0.4, 0.5) is 15.8 Å². The molecule has 1 rings (SSSR count). The molecular formula is C9H11FN2O2. The number of para-hydroxylation sites is 1. The molecule has 0 bridgehead atoms. The van der Waals surface area contributed by atoms with Gasteiger partial charge in [-0.1, -0.05) is 13.0 Å². The standard InChI is InChI=1S/C9H11FN2O2/c1-2-6-11-9-7(10)4-3-5-8(9)12(13)14/h3-5,11H,2,6H2,1H3. The van der Waals surface area contributed by atoms with E-state index < -0.39 is 10.7 Å². The largest absolute Gasteiger partial charge is 0.377 e. The summed E-state index contributed by atoms with van der Waals surface area (Å²) in [4.78, 5) is 9.94. The van der Waals surface area contributed by atoms with Gasteiger partial charge in [0.1, 0.15) is 5.69 Å². The zero-order chi connectivity index (χ0) is 10.6. The van der Waals surface area contributed by atoms with Gasteiger partial charge in [0, 0.05) is 12.6 Å². The Balaban J connectivity index is 3.02. The van der Waals surface area contributed by atoms with E-state index >= 15 is 0 Å². The fourth-order valence-electron chi connectivity index (χ4n) is 1.09. The first-order valence-electron chi connectivity index (χ1n) is 4.33. The Labute approximate surface area is 80.9 Å². The Bertz CT molecular complexity index is 342. The fourth-order valence-corrected chi connectivity index (χ4v) is 1.09. The van der Waals surface area contributed by atoms with Crippen molar-refractivity contribution in [3.05, 3.63) is 34.1 Å². The molecule has 4 nitrogen and oxygen atoms in total. The molecule has 0 saturated carbocycles. The second-order valence-electron chi connectivity index (χ2n) is 2.82. The van der Waals surface area contributed by atoms with Crippen molar-refractivity contribution in [1.82, 2.24) is 0 Å². The van der Waals surface area contributed by atoms with E-state index in [9.17, 15) is 14.5 Å². The normalized spacial score (nSPS) is 9.86. The predicted octanol–water partition coefficient (Wildman–Crippen LogP) is 2.56. The molecule has 0 fully saturated rings. The third-order valence-corrected chi connectivity index (χ3v) is 1.74. The Morgan fingerprint density at radius 1 is 1.57 bits per heavy atom. The number of nitro benzene ring substituents is 1. The van der Waals surface area contributed by atoms with Crippen molar-refractivity contribution in [3.63, 3.8) is 0 Å². The number of nitrogens with zero attached hydrogens (tertiary/aromatic N) is 1. The van der Waals surface area contributed by atoms with Gasteiger partial charge in [-0.05, 0) is 12.5 Å². The van der Waals surface area contributed by atoms with Crippen LogP contribution in [0.2, 0.25) is 0 Å². The third-order valence-electron chi connectivity index (χ3n) is 1.74. The van der Waals surface area contributed by atoms with Crippen molar-refractivity contribution in [1.29, 1.82) is 0 Å². The monoisotopic (exact) mass is 198 g/mol. The quantitative estimate of drug-likeness (QED) is 0.597. The summed E-state index contributed by atoms with van der Waals surface area (Å²) >= 11 is 0. The van der Waals surface area contributed by atoms with Gasteiger partial charge in [-0.25, -0.2) is 4.39 Å². The first-order valence-corrected chi connectivity index (χ1v) is 4.33. The van der Waals surface area contributed by atoms with Crippen LogP contribution < -0.4 is 5.32 Å². The van der Waals surface area contributed by atoms with Gasteiger partial charge < -0.3 is 5.32 Å². The van der Waals surface area contributed by atoms with Gasteiger partial charge in [0.25, 0.3) is 5.69 Å². The molecule has 0 saturated heterocycles. The second-order valence-corrected chi connectivity index (χ2v) is 2.82. The average molecular weight is 198 g/mol. The second kappa shape index (κ2) is 4.55. The third kappa shape index (κ3) is 2.18. The van der Waals surface area contributed by atoms with Gasteiger partial charge in [0.15, 0.2) is 5.82 Å². The molecule has 0 aromatic heterocycles. The Morgan fingerprint density at radius 2 is 2.29 bits per heavy atom. The van der Waals surface area contributed by atoms with E-state index in [0.29, 0.717) is 6.54 Å². The molecule has 1 aromatic carbocycles. The van der Waals surface area contributed by atoms with E-state index in [-0.39, 0.29) is 11.4 Å². The molecule has 0 aliphatic rings. The summed E-state index contributed by atoms with van der Waals surface area (Å²) in [6.07, 6.45) is 0.783. The van der Waals surface area contributed by atoms with E-state index in [1.807, 2.05) is 6.92 Å². The average Bonchev–Trinajstić information content (AvgIpc) is 2.15. The summed E-state index contributed by atoms with van der Waals surface area (Å²) in [7, 11) is 0. The fraction of sp³-hybridized carbons (Fsp3) is 0.333. The molecule has 0 spiro atoms. The number of nitrogens with one attached hydrogen (secondary N) is 1. The lowest BCUT2D eigenvalue weighted by Crippen LogP contribution is -2.05. The maximum atomic E-state index is 13.2. The first-order chi connectivity index (χ1) is 6.66. The van der Waals surface area contributed by atoms with Crippen LogP contribution >= 0.6 is 0 Å². The highest BCUT2D eigenvalue weighted by molar-refractivity contribution is 5.62. The van der Waals surface area contributed by atoms with Crippen LogP contribution in [0.1, 0.15) is 13.3 Å². The van der Waals surface area contributed by atoms with Crippen molar-refractivity contribution in [2.24, 2.45) is 0 Å². The lowest BCUT2D eigenvalue weighted by Gasteiger charge is -2.05. The van der Waals surface area contributed by atoms with Crippen molar-refractivity contribution >= 4 is 11.4 Å². The number of rotatable bonds is 4. The molecule has 0 unspecified atom stereocenters. The Hall–Kier alpha value is -1.65. The number of halogens is 1. The van der Waals surface area contributed by atoms with Crippen molar-refractivity contribution in [3.8, 4) is 0 Å². The van der Waals surface area contributed by atoms with Crippen molar-refractivity contribution < 1.29 is 9.31 Å². The number of anilines is 1. The van der Waals surface area contributed by atoms with Crippen LogP contribution in [-0.4, -0.2) is 11.5 Å². The van der Waals surface area contributed by atoms with Gasteiger partial charge >= 0.3 is 0 Å². The molecule has 0 amide bonds. The smallest absolute Gasteiger partial charge is 0.295 e. The molecule has 0 aliphatic heterocycles. The van der Waals surface area contributed by atoms with Crippen LogP contribution in [0.3, 0.4) is 0 Å². The number of nitro groups is 1. The topological polar surface area (TPSA) is 55.2 Å². The molecule has 0 atom stereocenters. The molecular weight excluding hydrogens is 187 g/mol. The number of benzene rings is 1. The van der Waals surface area contributed by atoms with E-state index in [1.165, 1.54) is 18.2 Å². The van der Waals surface area contributed by atoms with Crippen LogP contribution in [-0.2, 0) is 0 Å².